The summed E-state index contributed by atoms with van der Waals surface area (Å²) in [7, 11) is 0. The number of rotatable bonds is 9. The van der Waals surface area contributed by atoms with Crippen molar-refractivity contribution >= 4 is 17.4 Å². The van der Waals surface area contributed by atoms with Crippen molar-refractivity contribution in [3.8, 4) is 17.2 Å². The highest BCUT2D eigenvalue weighted by molar-refractivity contribution is 6.46. The van der Waals surface area contributed by atoms with Crippen LogP contribution in [0, 0.1) is 0 Å². The van der Waals surface area contributed by atoms with E-state index < -0.39 is 17.7 Å². The number of ketones is 1. The minimum absolute atomic E-state index is 0.0310. The van der Waals surface area contributed by atoms with Crippen molar-refractivity contribution in [2.75, 3.05) is 6.61 Å². The van der Waals surface area contributed by atoms with Crippen LogP contribution in [0.3, 0.4) is 0 Å². The number of aliphatic hydroxyl groups excluding tert-OH is 1. The zero-order chi connectivity index (χ0) is 29.9. The fraction of sp³-hybridized carbons (Fsp3) is 0.222. The minimum atomic E-state index is -0.842. The lowest BCUT2D eigenvalue weighted by atomic mass is 9.94. The molecule has 0 bridgehead atoms. The average molecular weight is 576 g/mol. The third-order valence-electron chi connectivity index (χ3n) is 7.73. The largest absolute Gasteiger partial charge is 0.507 e. The van der Waals surface area contributed by atoms with E-state index in [1.807, 2.05) is 86.6 Å². The summed E-state index contributed by atoms with van der Waals surface area (Å²) in [5.41, 5.74) is 3.96. The van der Waals surface area contributed by atoms with E-state index in [0.29, 0.717) is 42.3 Å². The number of likely N-dealkylation sites (tertiary alicyclic amines) is 1. The Morgan fingerprint density at radius 1 is 0.884 bits per heavy atom. The van der Waals surface area contributed by atoms with E-state index in [4.69, 9.17) is 14.2 Å². The number of hydrogen-bond acceptors (Lipinski definition) is 6. The Kier molecular flexibility index (Phi) is 7.88. The van der Waals surface area contributed by atoms with E-state index in [2.05, 4.69) is 0 Å². The molecule has 0 saturated carbocycles. The third-order valence-corrected chi connectivity index (χ3v) is 7.73. The number of amides is 1. The molecule has 1 N–H and O–H groups in total. The molecule has 4 aromatic rings. The van der Waals surface area contributed by atoms with Gasteiger partial charge in [0.15, 0.2) is 11.5 Å². The molecule has 2 atom stereocenters. The Hall–Kier alpha value is -5.04. The van der Waals surface area contributed by atoms with Gasteiger partial charge in [0.1, 0.15) is 24.2 Å². The first-order chi connectivity index (χ1) is 20.9. The van der Waals surface area contributed by atoms with Crippen LogP contribution in [-0.2, 0) is 29.2 Å². The number of carbonyl (C=O) groups is 2. The van der Waals surface area contributed by atoms with Crippen LogP contribution in [0.1, 0.15) is 47.7 Å². The Morgan fingerprint density at radius 3 is 2.33 bits per heavy atom. The van der Waals surface area contributed by atoms with Crippen molar-refractivity contribution in [2.24, 2.45) is 0 Å². The van der Waals surface area contributed by atoms with Crippen molar-refractivity contribution < 1.29 is 28.9 Å². The topological polar surface area (TPSA) is 85.3 Å². The SMILES string of the molecule is CCOc1cc([C@@H]2C(=C(O)c3ccc4c(c3)C[C@H](C)O4)C(=O)C(=O)N2Cc2ccccc2)ccc1OCc1ccccc1. The van der Waals surface area contributed by atoms with E-state index in [0.717, 1.165) is 22.4 Å². The number of fused-ring (bicyclic) bond motifs is 1. The molecule has 0 aromatic heterocycles. The molecule has 1 saturated heterocycles. The van der Waals surface area contributed by atoms with Crippen molar-refractivity contribution in [3.05, 3.63) is 130 Å². The van der Waals surface area contributed by atoms with Gasteiger partial charge in [-0.15, -0.1) is 0 Å². The average Bonchev–Trinajstić information content (AvgIpc) is 3.52. The summed E-state index contributed by atoms with van der Waals surface area (Å²) in [5, 5.41) is 11.6. The molecule has 0 aliphatic carbocycles. The maximum Gasteiger partial charge on any atom is 0.295 e. The van der Waals surface area contributed by atoms with Crippen LogP contribution < -0.4 is 14.2 Å². The Labute approximate surface area is 250 Å². The monoisotopic (exact) mass is 575 g/mol. The van der Waals surface area contributed by atoms with Crippen LogP contribution in [-0.4, -0.2) is 34.4 Å². The lowest BCUT2D eigenvalue weighted by Crippen LogP contribution is -2.29. The van der Waals surface area contributed by atoms with Gasteiger partial charge in [-0.25, -0.2) is 0 Å². The van der Waals surface area contributed by atoms with Gasteiger partial charge >= 0.3 is 0 Å². The summed E-state index contributed by atoms with van der Waals surface area (Å²) in [4.78, 5) is 28.7. The van der Waals surface area contributed by atoms with Crippen LogP contribution in [0.2, 0.25) is 0 Å². The first kappa shape index (κ1) is 28.1. The molecule has 2 aliphatic rings. The van der Waals surface area contributed by atoms with Gasteiger partial charge in [-0.1, -0.05) is 66.7 Å². The molecule has 4 aromatic carbocycles. The van der Waals surface area contributed by atoms with Crippen molar-refractivity contribution in [1.29, 1.82) is 0 Å². The molecular formula is C36H33NO6. The lowest BCUT2D eigenvalue weighted by molar-refractivity contribution is -0.140. The molecule has 0 radical (unpaired) electrons. The second-order valence-electron chi connectivity index (χ2n) is 10.8. The standard InChI is InChI=1S/C36H33NO6/c1-3-41-31-20-26(14-17-30(31)42-22-25-12-8-5-9-13-25)33-32(34(38)27-15-16-29-28(19-27)18-23(2)43-29)35(39)36(40)37(33)21-24-10-6-4-7-11-24/h4-17,19-20,23,33,38H,3,18,21-22H2,1-2H3/t23-,33+/m0/s1. The first-order valence-electron chi connectivity index (χ1n) is 14.5. The van der Waals surface area contributed by atoms with Crippen molar-refractivity contribution in [1.82, 2.24) is 4.90 Å². The van der Waals surface area contributed by atoms with Gasteiger partial charge in [0, 0.05) is 18.5 Å². The number of hydrogen-bond donors (Lipinski definition) is 1. The molecule has 1 amide bonds. The van der Waals surface area contributed by atoms with Crippen LogP contribution in [0.4, 0.5) is 0 Å². The molecule has 1 fully saturated rings. The second-order valence-corrected chi connectivity index (χ2v) is 10.8. The van der Waals surface area contributed by atoms with Gasteiger partial charge in [-0.2, -0.15) is 0 Å². The van der Waals surface area contributed by atoms with Crippen molar-refractivity contribution in [2.45, 2.75) is 45.6 Å². The lowest BCUT2D eigenvalue weighted by Gasteiger charge is -2.26. The second kappa shape index (κ2) is 12.1. The maximum atomic E-state index is 13.6. The Morgan fingerprint density at radius 2 is 1.60 bits per heavy atom. The van der Waals surface area contributed by atoms with Crippen LogP contribution >= 0.6 is 0 Å². The van der Waals surface area contributed by atoms with E-state index in [1.165, 1.54) is 4.90 Å². The molecule has 0 unspecified atom stereocenters. The van der Waals surface area contributed by atoms with Crippen LogP contribution in [0.5, 0.6) is 17.2 Å². The predicted octanol–water partition coefficient (Wildman–Crippen LogP) is 6.61. The molecule has 218 valence electrons. The summed E-state index contributed by atoms with van der Waals surface area (Å²) in [5.74, 6) is 0.176. The van der Waals surface area contributed by atoms with Gasteiger partial charge in [0.05, 0.1) is 18.2 Å². The van der Waals surface area contributed by atoms with Gasteiger partial charge in [-0.3, -0.25) is 9.59 Å². The Balaban J connectivity index is 1.43. The third kappa shape index (κ3) is 5.71. The summed E-state index contributed by atoms with van der Waals surface area (Å²) in [6.45, 7) is 4.81. The van der Waals surface area contributed by atoms with E-state index in [-0.39, 0.29) is 24.0 Å². The van der Waals surface area contributed by atoms with Crippen molar-refractivity contribution in [3.63, 3.8) is 0 Å². The molecule has 7 nitrogen and oxygen atoms in total. The van der Waals surface area contributed by atoms with Gasteiger partial charge in [0.25, 0.3) is 11.7 Å². The summed E-state index contributed by atoms with van der Waals surface area (Å²) < 4.78 is 17.9. The molecule has 43 heavy (non-hydrogen) atoms. The molecule has 2 aliphatic heterocycles. The highest BCUT2D eigenvalue weighted by Gasteiger charge is 2.46. The number of carbonyl (C=O) groups excluding carboxylic acids is 2. The van der Waals surface area contributed by atoms with Crippen LogP contribution in [0.15, 0.2) is 103 Å². The predicted molar refractivity (Wildman–Crippen MR) is 163 cm³/mol. The number of Topliss-reactive ketones (excluding diaryl/α,β-unsaturated/α-hetero) is 1. The van der Waals surface area contributed by atoms with Gasteiger partial charge < -0.3 is 24.2 Å². The highest BCUT2D eigenvalue weighted by atomic mass is 16.5. The van der Waals surface area contributed by atoms with Gasteiger partial charge in [-0.05, 0) is 66.4 Å². The normalized spacial score (nSPS) is 18.8. The zero-order valence-corrected chi connectivity index (χ0v) is 24.2. The Bertz CT molecular complexity index is 1680. The summed E-state index contributed by atoms with van der Waals surface area (Å²) in [6.07, 6.45) is 0.730. The quantitative estimate of drug-likeness (QED) is 0.137. The van der Waals surface area contributed by atoms with E-state index in [1.54, 1.807) is 24.3 Å². The summed E-state index contributed by atoms with van der Waals surface area (Å²) >= 11 is 0. The smallest absolute Gasteiger partial charge is 0.295 e. The first-order valence-corrected chi connectivity index (χ1v) is 14.5. The molecular weight excluding hydrogens is 542 g/mol. The van der Waals surface area contributed by atoms with Gasteiger partial charge in [0.2, 0.25) is 0 Å². The number of aliphatic hydroxyl groups is 1. The molecule has 6 rings (SSSR count). The highest BCUT2D eigenvalue weighted by Crippen LogP contribution is 2.43. The molecule has 2 heterocycles. The number of ether oxygens (including phenoxy) is 3. The molecule has 0 spiro atoms. The van der Waals surface area contributed by atoms with Crippen LogP contribution in [0.25, 0.3) is 5.76 Å². The minimum Gasteiger partial charge on any atom is -0.507 e. The maximum absolute atomic E-state index is 13.6. The molecule has 7 heteroatoms. The number of benzene rings is 4. The fourth-order valence-corrected chi connectivity index (χ4v) is 5.71. The number of nitrogens with zero attached hydrogens (tertiary/aromatic N) is 1. The zero-order valence-electron chi connectivity index (χ0n) is 24.2. The summed E-state index contributed by atoms with van der Waals surface area (Å²) in [6, 6.07) is 29.2. The van der Waals surface area contributed by atoms with E-state index >= 15 is 0 Å². The fourth-order valence-electron chi connectivity index (χ4n) is 5.71. The van der Waals surface area contributed by atoms with E-state index in [9.17, 15) is 14.7 Å².